The van der Waals surface area contributed by atoms with E-state index in [-0.39, 0.29) is 5.82 Å². The summed E-state index contributed by atoms with van der Waals surface area (Å²) < 4.78 is 13.2. The third-order valence-electron chi connectivity index (χ3n) is 8.55. The number of aliphatic imine (C=N–C) groups is 2. The van der Waals surface area contributed by atoms with Gasteiger partial charge in [0, 0.05) is 12.1 Å². The highest BCUT2D eigenvalue weighted by atomic mass is 19.1. The van der Waals surface area contributed by atoms with Crippen LogP contribution in [0.4, 0.5) is 4.39 Å². The van der Waals surface area contributed by atoms with Gasteiger partial charge in [-0.15, -0.1) is 0 Å². The lowest BCUT2D eigenvalue weighted by atomic mass is 9.87. The zero-order valence-corrected chi connectivity index (χ0v) is 32.5. The number of nitrogens with zero attached hydrogens (tertiary/aromatic N) is 2. The Bertz CT molecular complexity index is 829. The molecular weight excluding hydrogens is 551 g/mol. The smallest absolute Gasteiger partial charge is 0.127 e. The Labute approximate surface area is 283 Å². The molecule has 1 aromatic carbocycles. The summed E-state index contributed by atoms with van der Waals surface area (Å²) in [5.74, 6) is 4.12. The molecule has 0 amide bonds. The SMILES string of the molecule is C=NC(CCC)=NC(=C)C.CC.CC1CCCCCC1.CCC(CC)c1ccc(C)c(F)c1.CCCCCC(CCC)C(C)C. The lowest BCUT2D eigenvalue weighted by molar-refractivity contribution is 0.323. The average molecular weight is 631 g/mol. The monoisotopic (exact) mass is 631 g/mol. The Morgan fingerprint density at radius 2 is 1.47 bits per heavy atom. The highest BCUT2D eigenvalue weighted by molar-refractivity contribution is 5.86. The first-order valence-electron chi connectivity index (χ1n) is 19.0. The van der Waals surface area contributed by atoms with E-state index in [4.69, 9.17) is 0 Å². The van der Waals surface area contributed by atoms with Gasteiger partial charge in [-0.05, 0) is 80.7 Å². The van der Waals surface area contributed by atoms with E-state index in [9.17, 15) is 4.39 Å². The number of hydrogen-bond donors (Lipinski definition) is 0. The molecule has 0 bridgehead atoms. The van der Waals surface area contributed by atoms with Crippen molar-refractivity contribution in [1.29, 1.82) is 0 Å². The minimum absolute atomic E-state index is 0.0793. The van der Waals surface area contributed by atoms with Gasteiger partial charge in [-0.2, -0.15) is 0 Å². The van der Waals surface area contributed by atoms with Gasteiger partial charge in [-0.25, -0.2) is 14.4 Å². The lowest BCUT2D eigenvalue weighted by Crippen LogP contribution is -2.08. The highest BCUT2D eigenvalue weighted by Crippen LogP contribution is 2.25. The average Bonchev–Trinajstić information content (AvgIpc) is 3.28. The van der Waals surface area contributed by atoms with E-state index < -0.39 is 0 Å². The molecule has 0 N–H and O–H groups in total. The number of hydrogen-bond acceptors (Lipinski definition) is 1. The number of amidine groups is 1. The third-order valence-corrected chi connectivity index (χ3v) is 8.55. The maximum Gasteiger partial charge on any atom is 0.127 e. The van der Waals surface area contributed by atoms with Gasteiger partial charge >= 0.3 is 0 Å². The summed E-state index contributed by atoms with van der Waals surface area (Å²) in [6.45, 7) is 32.8. The molecule has 0 aliphatic heterocycles. The number of rotatable bonds is 13. The van der Waals surface area contributed by atoms with Crippen LogP contribution in [0.2, 0.25) is 0 Å². The van der Waals surface area contributed by atoms with Crippen molar-refractivity contribution < 1.29 is 4.39 Å². The van der Waals surface area contributed by atoms with Gasteiger partial charge in [-0.1, -0.05) is 165 Å². The predicted molar refractivity (Wildman–Crippen MR) is 207 cm³/mol. The Kier molecular flexibility index (Phi) is 35.6. The molecule has 1 aromatic rings. The van der Waals surface area contributed by atoms with Crippen molar-refractivity contribution in [3.05, 3.63) is 47.4 Å². The zero-order valence-electron chi connectivity index (χ0n) is 32.5. The minimum atomic E-state index is -0.0793. The number of halogens is 1. The summed E-state index contributed by atoms with van der Waals surface area (Å²) in [5, 5.41) is 0. The number of unbranched alkanes of at least 4 members (excludes halogenated alkanes) is 2. The molecule has 2 nitrogen and oxygen atoms in total. The summed E-state index contributed by atoms with van der Waals surface area (Å²) >= 11 is 0. The second-order valence-electron chi connectivity index (χ2n) is 13.1. The van der Waals surface area contributed by atoms with Crippen LogP contribution < -0.4 is 0 Å². The number of benzene rings is 1. The van der Waals surface area contributed by atoms with Crippen molar-refractivity contribution in [2.24, 2.45) is 27.7 Å². The van der Waals surface area contributed by atoms with Crippen molar-refractivity contribution in [2.75, 3.05) is 0 Å². The van der Waals surface area contributed by atoms with E-state index in [0.29, 0.717) is 5.92 Å². The maximum atomic E-state index is 13.2. The standard InChI is InChI=1S/C12H17F.C12H26.C8H14N2.C8H16.C2H6/c1-4-10(5-2)11-7-6-9(3)12(13)8-11;1-5-7-8-10-12(9-6-2)11(3)4;1-5-6-8(9-4)10-7(2)3;1-8-6-4-2-3-5-7-8;1-2/h6-8,10H,4-5H2,1-3H3;11-12H,5-10H2,1-4H3;2,4-6H2,1,3H3;8H,2-7H2,1H3;1-2H3. The first kappa shape index (κ1) is 47.6. The molecule has 2 rings (SSSR count). The number of allylic oxidation sites excluding steroid dienone is 1. The molecule has 1 unspecified atom stereocenters. The molecule has 1 saturated carbocycles. The van der Waals surface area contributed by atoms with Gasteiger partial charge in [0.05, 0.1) is 0 Å². The second kappa shape index (κ2) is 33.6. The first-order chi connectivity index (χ1) is 21.5. The van der Waals surface area contributed by atoms with E-state index in [1.807, 2.05) is 32.9 Å². The van der Waals surface area contributed by atoms with Crippen LogP contribution in [-0.2, 0) is 0 Å². The first-order valence-corrected chi connectivity index (χ1v) is 19.0. The van der Waals surface area contributed by atoms with E-state index in [1.165, 1.54) is 77.0 Å². The fourth-order valence-electron chi connectivity index (χ4n) is 5.56. The summed E-state index contributed by atoms with van der Waals surface area (Å²) in [6.07, 6.45) is 21.5. The Morgan fingerprint density at radius 3 is 1.87 bits per heavy atom. The fourth-order valence-corrected chi connectivity index (χ4v) is 5.56. The van der Waals surface area contributed by atoms with Crippen LogP contribution in [0, 0.1) is 30.5 Å². The summed E-state index contributed by atoms with van der Waals surface area (Å²) in [7, 11) is 0. The van der Waals surface area contributed by atoms with Crippen LogP contribution in [-0.4, -0.2) is 12.6 Å². The van der Waals surface area contributed by atoms with Crippen molar-refractivity contribution in [3.8, 4) is 0 Å². The van der Waals surface area contributed by atoms with Crippen molar-refractivity contribution in [2.45, 2.75) is 192 Å². The van der Waals surface area contributed by atoms with Gasteiger partial charge in [-0.3, -0.25) is 0 Å². The summed E-state index contributed by atoms with van der Waals surface area (Å²) in [6, 6.07) is 5.58. The van der Waals surface area contributed by atoms with Crippen molar-refractivity contribution >= 4 is 12.6 Å². The molecule has 0 spiro atoms. The topological polar surface area (TPSA) is 24.7 Å². The molecule has 0 saturated heterocycles. The van der Waals surface area contributed by atoms with E-state index in [2.05, 4.69) is 78.7 Å². The van der Waals surface area contributed by atoms with Gasteiger partial charge in [0.2, 0.25) is 0 Å². The van der Waals surface area contributed by atoms with Gasteiger partial charge < -0.3 is 0 Å². The van der Waals surface area contributed by atoms with Crippen LogP contribution in [0.15, 0.2) is 40.5 Å². The van der Waals surface area contributed by atoms with Crippen LogP contribution in [0.25, 0.3) is 0 Å². The fraction of sp³-hybridized carbons (Fsp3) is 0.762. The van der Waals surface area contributed by atoms with Crippen molar-refractivity contribution in [1.82, 2.24) is 0 Å². The molecule has 1 atom stereocenters. The van der Waals surface area contributed by atoms with Crippen LogP contribution in [0.1, 0.15) is 196 Å². The summed E-state index contributed by atoms with van der Waals surface area (Å²) in [4.78, 5) is 7.84. The van der Waals surface area contributed by atoms with E-state index in [0.717, 1.165) is 66.1 Å². The Balaban J connectivity index is -0.000000519. The van der Waals surface area contributed by atoms with Gasteiger partial charge in [0.25, 0.3) is 0 Å². The van der Waals surface area contributed by atoms with Crippen LogP contribution in [0.3, 0.4) is 0 Å². The van der Waals surface area contributed by atoms with Gasteiger partial charge in [0.1, 0.15) is 11.7 Å². The molecule has 45 heavy (non-hydrogen) atoms. The zero-order chi connectivity index (χ0) is 35.0. The molecule has 1 aliphatic rings. The normalized spacial score (nSPS) is 13.9. The lowest BCUT2D eigenvalue weighted by Gasteiger charge is -2.19. The Morgan fingerprint density at radius 1 is 0.889 bits per heavy atom. The molecule has 0 aromatic heterocycles. The van der Waals surface area contributed by atoms with Crippen molar-refractivity contribution in [3.63, 3.8) is 0 Å². The molecule has 0 radical (unpaired) electrons. The maximum absolute atomic E-state index is 13.2. The van der Waals surface area contributed by atoms with E-state index >= 15 is 0 Å². The predicted octanol–water partition coefficient (Wildman–Crippen LogP) is 15.1. The second-order valence-corrected chi connectivity index (χ2v) is 13.1. The summed E-state index contributed by atoms with van der Waals surface area (Å²) in [5.41, 5.74) is 2.65. The van der Waals surface area contributed by atoms with Crippen LogP contribution in [0.5, 0.6) is 0 Å². The minimum Gasteiger partial charge on any atom is -0.249 e. The molecule has 264 valence electrons. The third kappa shape index (κ3) is 28.2. The molecule has 3 heteroatoms. The molecule has 1 fully saturated rings. The molecule has 1 aliphatic carbocycles. The quantitative estimate of drug-likeness (QED) is 0.0896. The number of aryl methyl sites for hydroxylation is 1. The van der Waals surface area contributed by atoms with Gasteiger partial charge in [0.15, 0.2) is 0 Å². The largest absolute Gasteiger partial charge is 0.249 e. The molecule has 0 heterocycles. The highest BCUT2D eigenvalue weighted by Gasteiger charge is 2.11. The van der Waals surface area contributed by atoms with Crippen LogP contribution >= 0.6 is 0 Å². The Hall–Kier alpha value is -1.77. The van der Waals surface area contributed by atoms with E-state index in [1.54, 1.807) is 13.0 Å². The molecular formula is C42H79FN2.